The zero-order valence-electron chi connectivity index (χ0n) is 20.3. The van der Waals surface area contributed by atoms with Crippen molar-refractivity contribution in [1.29, 1.82) is 0 Å². The molecule has 1 fully saturated rings. The minimum atomic E-state index is -0.740. The van der Waals surface area contributed by atoms with Gasteiger partial charge < -0.3 is 9.84 Å². The fraction of sp³-hybridized carbons (Fsp3) is 0.379. The van der Waals surface area contributed by atoms with Gasteiger partial charge in [0.1, 0.15) is 5.75 Å². The van der Waals surface area contributed by atoms with Crippen LogP contribution in [0.4, 0.5) is 0 Å². The number of nitrogens with zero attached hydrogens (tertiary/aromatic N) is 2. The lowest BCUT2D eigenvalue weighted by Crippen LogP contribution is -2.41. The second-order valence-corrected chi connectivity index (χ2v) is 10.1. The Hall–Kier alpha value is -2.78. The maximum atomic E-state index is 11.6. The SMILES string of the molecule is COc1ccc2nccc(CCC[C@@H]3CCN(CC#Cc4cccc(Cl)c4Cl)C[C@@H]3CC(=O)O)c2c1. The van der Waals surface area contributed by atoms with E-state index in [2.05, 4.69) is 27.8 Å². The van der Waals surface area contributed by atoms with E-state index in [1.807, 2.05) is 36.5 Å². The van der Waals surface area contributed by atoms with E-state index in [1.165, 1.54) is 5.56 Å². The van der Waals surface area contributed by atoms with Gasteiger partial charge in [0, 0.05) is 30.1 Å². The predicted octanol–water partition coefficient (Wildman–Crippen LogP) is 6.34. The number of rotatable bonds is 8. The molecule has 3 aromatic rings. The molecule has 1 saturated heterocycles. The summed E-state index contributed by atoms with van der Waals surface area (Å²) < 4.78 is 5.39. The number of hydrogen-bond acceptors (Lipinski definition) is 4. The van der Waals surface area contributed by atoms with Crippen molar-refractivity contribution in [2.75, 3.05) is 26.7 Å². The van der Waals surface area contributed by atoms with E-state index < -0.39 is 5.97 Å². The molecule has 1 N–H and O–H groups in total. The Morgan fingerprint density at radius 2 is 2.08 bits per heavy atom. The molecule has 2 heterocycles. The third-order valence-electron chi connectivity index (χ3n) is 6.95. The Balaban J connectivity index is 1.36. The number of methoxy groups -OCH3 is 1. The molecule has 0 aliphatic carbocycles. The number of aliphatic carboxylic acids is 1. The lowest BCUT2D eigenvalue weighted by Gasteiger charge is -2.37. The molecule has 1 aliphatic rings. The van der Waals surface area contributed by atoms with Crippen LogP contribution in [0.15, 0.2) is 48.7 Å². The number of carboxylic acids is 1. The fourth-order valence-electron chi connectivity index (χ4n) is 5.06. The summed E-state index contributed by atoms with van der Waals surface area (Å²) in [4.78, 5) is 18.3. The van der Waals surface area contributed by atoms with E-state index in [4.69, 9.17) is 27.9 Å². The summed E-state index contributed by atoms with van der Waals surface area (Å²) in [5, 5.41) is 11.6. The molecule has 0 saturated carbocycles. The Morgan fingerprint density at radius 1 is 1.22 bits per heavy atom. The number of carboxylic acid groups (broad SMARTS) is 1. The first-order valence-electron chi connectivity index (χ1n) is 12.2. The highest BCUT2D eigenvalue weighted by Gasteiger charge is 2.30. The highest BCUT2D eigenvalue weighted by atomic mass is 35.5. The number of fused-ring (bicyclic) bond motifs is 1. The average Bonchev–Trinajstić information content (AvgIpc) is 2.87. The smallest absolute Gasteiger partial charge is 0.303 e. The van der Waals surface area contributed by atoms with Gasteiger partial charge in [-0.2, -0.15) is 0 Å². The average molecular weight is 525 g/mol. The Labute approximate surface area is 222 Å². The molecular weight excluding hydrogens is 495 g/mol. The molecule has 7 heteroatoms. The highest BCUT2D eigenvalue weighted by molar-refractivity contribution is 6.42. The van der Waals surface area contributed by atoms with Crippen LogP contribution in [0.25, 0.3) is 10.9 Å². The molecule has 36 heavy (non-hydrogen) atoms. The van der Waals surface area contributed by atoms with Gasteiger partial charge in [0.25, 0.3) is 0 Å². The van der Waals surface area contributed by atoms with Gasteiger partial charge in [-0.15, -0.1) is 0 Å². The van der Waals surface area contributed by atoms with Crippen LogP contribution >= 0.6 is 23.2 Å². The van der Waals surface area contributed by atoms with Gasteiger partial charge >= 0.3 is 5.97 Å². The van der Waals surface area contributed by atoms with Crippen molar-refractivity contribution in [3.05, 3.63) is 69.8 Å². The number of halogens is 2. The third kappa shape index (κ3) is 6.70. The molecule has 4 rings (SSSR count). The Kier molecular flexibility index (Phi) is 9.09. The molecule has 1 aliphatic heterocycles. The van der Waals surface area contributed by atoms with Gasteiger partial charge in [-0.25, -0.2) is 0 Å². The summed E-state index contributed by atoms with van der Waals surface area (Å²) in [7, 11) is 1.67. The number of aromatic nitrogens is 1. The van der Waals surface area contributed by atoms with Crippen LogP contribution in [-0.4, -0.2) is 47.7 Å². The van der Waals surface area contributed by atoms with E-state index in [0.29, 0.717) is 28.1 Å². The molecule has 2 atom stereocenters. The molecule has 0 bridgehead atoms. The van der Waals surface area contributed by atoms with Crippen LogP contribution in [0.3, 0.4) is 0 Å². The van der Waals surface area contributed by atoms with Gasteiger partial charge in [-0.05, 0) is 86.0 Å². The third-order valence-corrected chi connectivity index (χ3v) is 7.77. The molecule has 188 valence electrons. The zero-order valence-corrected chi connectivity index (χ0v) is 21.9. The minimum Gasteiger partial charge on any atom is -0.497 e. The van der Waals surface area contributed by atoms with E-state index in [-0.39, 0.29) is 12.3 Å². The molecular formula is C29H30Cl2N2O3. The van der Waals surface area contributed by atoms with Crippen LogP contribution in [0.5, 0.6) is 5.75 Å². The van der Waals surface area contributed by atoms with Crippen LogP contribution in [0, 0.1) is 23.7 Å². The number of hydrogen-bond donors (Lipinski definition) is 1. The molecule has 0 radical (unpaired) electrons. The van der Waals surface area contributed by atoms with Crippen LogP contribution in [0.2, 0.25) is 10.0 Å². The first-order chi connectivity index (χ1) is 17.4. The van der Waals surface area contributed by atoms with Crippen molar-refractivity contribution in [3.8, 4) is 17.6 Å². The van der Waals surface area contributed by atoms with E-state index >= 15 is 0 Å². The quantitative estimate of drug-likeness (QED) is 0.348. The van der Waals surface area contributed by atoms with Crippen molar-refractivity contribution in [3.63, 3.8) is 0 Å². The monoisotopic (exact) mass is 524 g/mol. The second kappa shape index (κ2) is 12.5. The largest absolute Gasteiger partial charge is 0.497 e. The lowest BCUT2D eigenvalue weighted by atomic mass is 9.80. The molecule has 5 nitrogen and oxygen atoms in total. The van der Waals surface area contributed by atoms with Gasteiger partial charge in [-0.3, -0.25) is 14.7 Å². The normalized spacial score (nSPS) is 18.0. The lowest BCUT2D eigenvalue weighted by molar-refractivity contribution is -0.139. The Morgan fingerprint density at radius 3 is 2.89 bits per heavy atom. The molecule has 2 aromatic carbocycles. The first-order valence-corrected chi connectivity index (χ1v) is 13.0. The minimum absolute atomic E-state index is 0.113. The highest BCUT2D eigenvalue weighted by Crippen LogP contribution is 2.32. The second-order valence-electron chi connectivity index (χ2n) is 9.29. The van der Waals surface area contributed by atoms with Crippen LogP contribution < -0.4 is 4.74 Å². The summed E-state index contributed by atoms with van der Waals surface area (Å²) in [5.74, 6) is 6.88. The number of benzene rings is 2. The van der Waals surface area contributed by atoms with Gasteiger partial charge in [0.15, 0.2) is 0 Å². The molecule has 0 spiro atoms. The Bertz CT molecular complexity index is 1280. The van der Waals surface area contributed by atoms with Gasteiger partial charge in [0.05, 0.1) is 29.2 Å². The first kappa shape index (κ1) is 26.3. The van der Waals surface area contributed by atoms with Crippen LogP contribution in [0.1, 0.15) is 36.8 Å². The van der Waals surface area contributed by atoms with Crippen molar-refractivity contribution >= 4 is 40.1 Å². The predicted molar refractivity (Wildman–Crippen MR) is 145 cm³/mol. The summed E-state index contributed by atoms with van der Waals surface area (Å²) in [6.07, 6.45) is 5.95. The van der Waals surface area contributed by atoms with Crippen LogP contribution in [-0.2, 0) is 11.2 Å². The molecule has 1 aromatic heterocycles. The topological polar surface area (TPSA) is 62.7 Å². The summed E-state index contributed by atoms with van der Waals surface area (Å²) >= 11 is 12.3. The molecule has 0 unspecified atom stereocenters. The van der Waals surface area contributed by atoms with Crippen molar-refractivity contribution in [2.45, 2.75) is 32.1 Å². The number of pyridine rings is 1. The van der Waals surface area contributed by atoms with Gasteiger partial charge in [-0.1, -0.05) is 41.1 Å². The number of likely N-dealkylation sites (tertiary alicyclic amines) is 1. The summed E-state index contributed by atoms with van der Waals surface area (Å²) in [5.41, 5.74) is 2.92. The van der Waals surface area contributed by atoms with Crippen molar-refractivity contribution in [1.82, 2.24) is 9.88 Å². The van der Waals surface area contributed by atoms with Crippen molar-refractivity contribution in [2.24, 2.45) is 11.8 Å². The number of carbonyl (C=O) groups is 1. The van der Waals surface area contributed by atoms with Crippen molar-refractivity contribution < 1.29 is 14.6 Å². The van der Waals surface area contributed by atoms with E-state index in [0.717, 1.165) is 55.4 Å². The fourth-order valence-corrected chi connectivity index (χ4v) is 5.41. The zero-order chi connectivity index (χ0) is 25.5. The molecule has 0 amide bonds. The number of ether oxygens (including phenoxy) is 1. The summed E-state index contributed by atoms with van der Waals surface area (Å²) in [6.45, 7) is 2.23. The maximum absolute atomic E-state index is 11.6. The number of piperidine rings is 1. The summed E-state index contributed by atoms with van der Waals surface area (Å²) in [6, 6.07) is 13.5. The number of aryl methyl sites for hydroxylation is 1. The van der Waals surface area contributed by atoms with Gasteiger partial charge in [0.2, 0.25) is 0 Å². The maximum Gasteiger partial charge on any atom is 0.303 e. The standard InChI is InChI=1S/C29H30Cl2N2O3/c1-36-24-10-11-27-25(18-24)21(12-14-32-27)6-2-5-20-13-16-33(19-23(20)17-28(34)35)15-4-8-22-7-3-9-26(30)29(22)31/h3,7,9-12,14,18,20,23H,2,5-6,13,15-17,19H2,1H3,(H,34,35)/t20-,23+/m1/s1. The van der Waals surface area contributed by atoms with E-state index in [1.54, 1.807) is 13.2 Å². The van der Waals surface area contributed by atoms with E-state index in [9.17, 15) is 9.90 Å².